The Bertz CT molecular complexity index is 780. The number of nitrogens with zero attached hydrogens (tertiary/aromatic N) is 4. The van der Waals surface area contributed by atoms with Gasteiger partial charge in [-0.15, -0.1) is 11.3 Å². The van der Waals surface area contributed by atoms with E-state index in [9.17, 15) is 0 Å². The van der Waals surface area contributed by atoms with Crippen LogP contribution >= 0.6 is 11.3 Å². The van der Waals surface area contributed by atoms with Gasteiger partial charge >= 0.3 is 0 Å². The molecular formula is C20H22N4S. The second kappa shape index (κ2) is 7.87. The van der Waals surface area contributed by atoms with E-state index in [4.69, 9.17) is 4.98 Å². The van der Waals surface area contributed by atoms with Crippen LogP contribution in [0.15, 0.2) is 60.2 Å². The van der Waals surface area contributed by atoms with Gasteiger partial charge in [0, 0.05) is 62.6 Å². The van der Waals surface area contributed by atoms with E-state index in [1.54, 1.807) is 11.3 Å². The lowest BCUT2D eigenvalue weighted by Gasteiger charge is -2.34. The molecule has 0 atom stereocenters. The van der Waals surface area contributed by atoms with E-state index in [0.717, 1.165) is 44.3 Å². The van der Waals surface area contributed by atoms with E-state index < -0.39 is 0 Å². The fourth-order valence-corrected chi connectivity index (χ4v) is 3.99. The highest BCUT2D eigenvalue weighted by atomic mass is 32.1. The summed E-state index contributed by atoms with van der Waals surface area (Å²) < 4.78 is 0. The van der Waals surface area contributed by atoms with Crippen LogP contribution in [0.1, 0.15) is 11.3 Å². The highest BCUT2D eigenvalue weighted by Crippen LogP contribution is 2.24. The van der Waals surface area contributed by atoms with Gasteiger partial charge in [0.2, 0.25) is 0 Å². The van der Waals surface area contributed by atoms with Crippen molar-refractivity contribution in [1.82, 2.24) is 19.8 Å². The first-order valence-electron chi connectivity index (χ1n) is 8.70. The van der Waals surface area contributed by atoms with Gasteiger partial charge in [0.15, 0.2) is 0 Å². The summed E-state index contributed by atoms with van der Waals surface area (Å²) in [5.74, 6) is 0. The molecule has 1 saturated heterocycles. The highest BCUT2D eigenvalue weighted by molar-refractivity contribution is 7.13. The van der Waals surface area contributed by atoms with Crippen molar-refractivity contribution in [3.63, 3.8) is 0 Å². The molecule has 4 nitrogen and oxygen atoms in total. The Hall–Kier alpha value is -2.08. The van der Waals surface area contributed by atoms with Crippen LogP contribution in [-0.2, 0) is 13.1 Å². The third kappa shape index (κ3) is 4.31. The molecular weight excluding hydrogens is 328 g/mol. The molecule has 0 bridgehead atoms. The molecule has 2 aromatic heterocycles. The zero-order chi connectivity index (χ0) is 16.9. The number of pyridine rings is 1. The number of hydrogen-bond acceptors (Lipinski definition) is 5. The molecule has 128 valence electrons. The lowest BCUT2D eigenvalue weighted by Crippen LogP contribution is -2.45. The van der Waals surface area contributed by atoms with Gasteiger partial charge in [-0.05, 0) is 17.7 Å². The van der Waals surface area contributed by atoms with Crippen LogP contribution in [0, 0.1) is 0 Å². The van der Waals surface area contributed by atoms with Crippen LogP contribution in [0.4, 0.5) is 0 Å². The van der Waals surface area contributed by atoms with Gasteiger partial charge in [-0.3, -0.25) is 14.8 Å². The fourth-order valence-electron chi connectivity index (χ4n) is 3.17. The van der Waals surface area contributed by atoms with Crippen molar-refractivity contribution in [1.29, 1.82) is 0 Å². The van der Waals surface area contributed by atoms with Crippen LogP contribution in [0.5, 0.6) is 0 Å². The smallest absolute Gasteiger partial charge is 0.123 e. The lowest BCUT2D eigenvalue weighted by atomic mass is 10.2. The molecule has 3 aromatic rings. The maximum Gasteiger partial charge on any atom is 0.123 e. The highest BCUT2D eigenvalue weighted by Gasteiger charge is 2.18. The average molecular weight is 350 g/mol. The monoisotopic (exact) mass is 350 g/mol. The molecule has 1 aliphatic rings. The first kappa shape index (κ1) is 16.4. The Kier molecular flexibility index (Phi) is 5.16. The molecule has 25 heavy (non-hydrogen) atoms. The van der Waals surface area contributed by atoms with E-state index in [1.165, 1.54) is 16.8 Å². The summed E-state index contributed by atoms with van der Waals surface area (Å²) in [5.41, 5.74) is 3.74. The van der Waals surface area contributed by atoms with Gasteiger partial charge in [-0.2, -0.15) is 0 Å². The molecule has 0 unspecified atom stereocenters. The molecule has 0 saturated carbocycles. The molecule has 1 fully saturated rings. The van der Waals surface area contributed by atoms with Crippen molar-refractivity contribution >= 4 is 11.3 Å². The van der Waals surface area contributed by atoms with E-state index >= 15 is 0 Å². The summed E-state index contributed by atoms with van der Waals surface area (Å²) in [6, 6.07) is 14.6. The van der Waals surface area contributed by atoms with Crippen LogP contribution in [0.3, 0.4) is 0 Å². The minimum atomic E-state index is 0.951. The normalized spacial score (nSPS) is 16.2. The predicted molar refractivity (Wildman–Crippen MR) is 102 cm³/mol. The number of rotatable bonds is 5. The largest absolute Gasteiger partial charge is 0.297 e. The van der Waals surface area contributed by atoms with E-state index in [1.807, 2.05) is 18.5 Å². The molecule has 4 rings (SSSR count). The van der Waals surface area contributed by atoms with Crippen molar-refractivity contribution < 1.29 is 0 Å². The Morgan fingerprint density at radius 1 is 0.840 bits per heavy atom. The quantitative estimate of drug-likeness (QED) is 0.705. The Labute approximate surface area is 152 Å². The average Bonchev–Trinajstić information content (AvgIpc) is 3.14. The topological polar surface area (TPSA) is 32.3 Å². The zero-order valence-electron chi connectivity index (χ0n) is 14.2. The van der Waals surface area contributed by atoms with Crippen LogP contribution in [-0.4, -0.2) is 45.9 Å². The van der Waals surface area contributed by atoms with Crippen molar-refractivity contribution in [3.05, 3.63) is 71.5 Å². The molecule has 1 aliphatic heterocycles. The van der Waals surface area contributed by atoms with E-state index in [-0.39, 0.29) is 0 Å². The number of aromatic nitrogens is 2. The molecule has 0 amide bonds. The van der Waals surface area contributed by atoms with Gasteiger partial charge in [-0.1, -0.05) is 30.3 Å². The van der Waals surface area contributed by atoms with Gasteiger partial charge in [0.05, 0.1) is 5.69 Å². The maximum absolute atomic E-state index is 4.82. The summed E-state index contributed by atoms with van der Waals surface area (Å²) in [6.07, 6.45) is 3.75. The summed E-state index contributed by atoms with van der Waals surface area (Å²) >= 11 is 1.74. The molecule has 5 heteroatoms. The van der Waals surface area contributed by atoms with Crippen molar-refractivity contribution in [2.45, 2.75) is 13.1 Å². The molecule has 0 N–H and O–H groups in total. The Morgan fingerprint density at radius 3 is 2.24 bits per heavy atom. The second-order valence-electron chi connectivity index (χ2n) is 6.42. The van der Waals surface area contributed by atoms with Crippen molar-refractivity contribution in [2.75, 3.05) is 26.2 Å². The number of piperazine rings is 1. The number of thiazole rings is 1. The molecule has 0 spiro atoms. The standard InChI is InChI=1S/C20H22N4S/c1-2-4-18(5-3-1)20-22-19(16-25-20)15-24-12-10-23(11-13-24)14-17-6-8-21-9-7-17/h1-9,16H,10-15H2. The van der Waals surface area contributed by atoms with Crippen LogP contribution in [0.25, 0.3) is 10.6 Å². The fraction of sp³-hybridized carbons (Fsp3) is 0.300. The maximum atomic E-state index is 4.82. The zero-order valence-corrected chi connectivity index (χ0v) is 15.0. The summed E-state index contributed by atoms with van der Waals surface area (Å²) in [5, 5.41) is 3.32. The first-order valence-corrected chi connectivity index (χ1v) is 9.58. The third-order valence-electron chi connectivity index (χ3n) is 4.58. The SMILES string of the molecule is c1ccc(-c2nc(CN3CCN(Cc4ccncc4)CC3)cs2)cc1. The Balaban J connectivity index is 1.30. The van der Waals surface area contributed by atoms with Gasteiger partial charge < -0.3 is 0 Å². The van der Waals surface area contributed by atoms with Crippen LogP contribution < -0.4 is 0 Å². The first-order chi connectivity index (χ1) is 12.4. The molecule has 3 heterocycles. The number of hydrogen-bond donors (Lipinski definition) is 0. The van der Waals surface area contributed by atoms with E-state index in [2.05, 4.69) is 56.6 Å². The summed E-state index contributed by atoms with van der Waals surface area (Å²) in [7, 11) is 0. The van der Waals surface area contributed by atoms with E-state index in [0.29, 0.717) is 0 Å². The molecule has 1 aromatic carbocycles. The minimum absolute atomic E-state index is 0.951. The summed E-state index contributed by atoms with van der Waals surface area (Å²) in [4.78, 5) is 13.9. The molecule has 0 radical (unpaired) electrons. The van der Waals surface area contributed by atoms with Gasteiger partial charge in [-0.25, -0.2) is 4.98 Å². The summed E-state index contributed by atoms with van der Waals surface area (Å²) in [6.45, 7) is 6.39. The van der Waals surface area contributed by atoms with Crippen molar-refractivity contribution in [3.8, 4) is 10.6 Å². The van der Waals surface area contributed by atoms with Gasteiger partial charge in [0.25, 0.3) is 0 Å². The second-order valence-corrected chi connectivity index (χ2v) is 7.28. The predicted octanol–water partition coefficient (Wildman–Crippen LogP) is 3.52. The minimum Gasteiger partial charge on any atom is -0.297 e. The van der Waals surface area contributed by atoms with Gasteiger partial charge in [0.1, 0.15) is 5.01 Å². The third-order valence-corrected chi connectivity index (χ3v) is 5.52. The number of benzene rings is 1. The lowest BCUT2D eigenvalue weighted by molar-refractivity contribution is 0.121. The van der Waals surface area contributed by atoms with Crippen molar-refractivity contribution in [2.24, 2.45) is 0 Å². The molecule has 0 aliphatic carbocycles. The van der Waals surface area contributed by atoms with Crippen LogP contribution in [0.2, 0.25) is 0 Å². The Morgan fingerprint density at radius 2 is 1.52 bits per heavy atom.